The lowest BCUT2D eigenvalue weighted by molar-refractivity contribution is 0.108. The Labute approximate surface area is 269 Å². The van der Waals surface area contributed by atoms with Crippen LogP contribution in [0.4, 0.5) is 10.2 Å². The number of aromatic amines is 1. The largest absolute Gasteiger partial charge is 0.475 e. The molecule has 3 saturated heterocycles. The molecule has 1 aliphatic carbocycles. The maximum absolute atomic E-state index is 17.2. The zero-order valence-corrected chi connectivity index (χ0v) is 26.2. The van der Waals surface area contributed by atoms with Gasteiger partial charge >= 0.3 is 6.01 Å². The summed E-state index contributed by atoms with van der Waals surface area (Å²) in [6.45, 7) is 4.25. The lowest BCUT2D eigenvalue weighted by atomic mass is 9.93. The van der Waals surface area contributed by atoms with E-state index in [1.54, 1.807) is 6.20 Å². The van der Waals surface area contributed by atoms with Gasteiger partial charge in [0.1, 0.15) is 35.6 Å². The van der Waals surface area contributed by atoms with Gasteiger partial charge in [-0.1, -0.05) is 23.3 Å². The third-order valence-electron chi connectivity index (χ3n) is 10.3. The van der Waals surface area contributed by atoms with E-state index in [0.29, 0.717) is 60.3 Å². The van der Waals surface area contributed by atoms with E-state index in [1.165, 1.54) is 5.57 Å². The van der Waals surface area contributed by atoms with Crippen LogP contribution in [-0.4, -0.2) is 99.4 Å². The predicted molar refractivity (Wildman–Crippen MR) is 170 cm³/mol. The van der Waals surface area contributed by atoms with Gasteiger partial charge in [-0.2, -0.15) is 15.1 Å². The number of ether oxygens (including phenoxy) is 3. The summed E-state index contributed by atoms with van der Waals surface area (Å²) in [6, 6.07) is 1.85. The minimum Gasteiger partial charge on any atom is -0.475 e. The average molecular weight is 648 g/mol. The second-order valence-electron chi connectivity index (χ2n) is 13.2. The first-order valence-electron chi connectivity index (χ1n) is 16.2. The number of anilines is 1. The van der Waals surface area contributed by atoms with E-state index in [-0.39, 0.29) is 47.2 Å². The first-order chi connectivity index (χ1) is 22.5. The van der Waals surface area contributed by atoms with E-state index in [9.17, 15) is 5.11 Å². The third kappa shape index (κ3) is 4.56. The van der Waals surface area contributed by atoms with Crippen molar-refractivity contribution in [3.05, 3.63) is 40.3 Å². The highest BCUT2D eigenvalue weighted by molar-refractivity contribution is 6.33. The highest BCUT2D eigenvalue weighted by Gasteiger charge is 2.47. The number of rotatable bonds is 6. The molecule has 13 heteroatoms. The molecule has 0 radical (unpaired) electrons. The Morgan fingerprint density at radius 2 is 2.11 bits per heavy atom. The number of hydrogen-bond donors (Lipinski definition) is 2. The molecule has 240 valence electrons. The first kappa shape index (κ1) is 28.6. The second kappa shape index (κ2) is 11.0. The normalized spacial score (nSPS) is 25.5. The first-order valence-corrected chi connectivity index (χ1v) is 16.6. The molecule has 5 aliphatic rings. The van der Waals surface area contributed by atoms with Crippen molar-refractivity contribution in [1.29, 1.82) is 0 Å². The maximum atomic E-state index is 17.2. The van der Waals surface area contributed by atoms with Crippen molar-refractivity contribution in [1.82, 2.24) is 30.0 Å². The van der Waals surface area contributed by atoms with Gasteiger partial charge in [-0.05, 0) is 62.6 Å². The Morgan fingerprint density at radius 3 is 2.98 bits per heavy atom. The van der Waals surface area contributed by atoms with Crippen molar-refractivity contribution in [2.24, 2.45) is 0 Å². The summed E-state index contributed by atoms with van der Waals surface area (Å²) in [4.78, 5) is 19.1. The number of pyridine rings is 1. The topological polar surface area (TPSA) is 122 Å². The van der Waals surface area contributed by atoms with Crippen molar-refractivity contribution in [2.45, 2.75) is 56.0 Å². The van der Waals surface area contributed by atoms with E-state index < -0.39 is 5.82 Å². The monoisotopic (exact) mass is 647 g/mol. The predicted octanol–water partition coefficient (Wildman–Crippen LogP) is 4.76. The summed E-state index contributed by atoms with van der Waals surface area (Å²) in [5.74, 6) is 0.491. The molecule has 1 aromatic carbocycles. The number of aromatic nitrogens is 5. The number of aliphatic hydroxyl groups is 1. The van der Waals surface area contributed by atoms with Crippen LogP contribution in [0.5, 0.6) is 11.9 Å². The Kier molecular flexibility index (Phi) is 6.85. The van der Waals surface area contributed by atoms with Gasteiger partial charge in [0.2, 0.25) is 5.88 Å². The number of nitrogens with zero attached hydrogens (tertiary/aromatic N) is 6. The number of H-pyrrole nitrogens is 1. The minimum atomic E-state index is -0.568. The fraction of sp³-hybridized carbons (Fsp3) is 0.515. The van der Waals surface area contributed by atoms with Gasteiger partial charge < -0.3 is 24.2 Å². The van der Waals surface area contributed by atoms with Gasteiger partial charge in [0.15, 0.2) is 5.82 Å². The Bertz CT molecular complexity index is 1900. The van der Waals surface area contributed by atoms with Crippen LogP contribution >= 0.6 is 11.6 Å². The second-order valence-corrected chi connectivity index (χ2v) is 13.6. The van der Waals surface area contributed by atoms with Gasteiger partial charge in [0.05, 0.1) is 36.5 Å². The SMILES string of the molecule is OC/C=C1/CN2CCC[C@@]2(COc2nc3c4c(nc(-c5c(C6CC6)c(Cl)cc6[nH]ncc56)c(F)c4n2)OC[C@@H]2COCCCN32)C1. The van der Waals surface area contributed by atoms with Crippen molar-refractivity contribution >= 4 is 39.2 Å². The van der Waals surface area contributed by atoms with Crippen molar-refractivity contribution < 1.29 is 23.7 Å². The van der Waals surface area contributed by atoms with Crippen molar-refractivity contribution in [3.8, 4) is 23.1 Å². The molecule has 0 unspecified atom stereocenters. The summed E-state index contributed by atoms with van der Waals surface area (Å²) in [5, 5.41) is 18.5. The van der Waals surface area contributed by atoms with E-state index in [1.807, 2.05) is 12.1 Å². The fourth-order valence-electron chi connectivity index (χ4n) is 8.01. The van der Waals surface area contributed by atoms with Crippen LogP contribution in [0.15, 0.2) is 23.9 Å². The number of hydrogen-bond acceptors (Lipinski definition) is 10. The molecule has 3 aromatic heterocycles. The molecule has 2 atom stereocenters. The zero-order valence-electron chi connectivity index (χ0n) is 25.4. The van der Waals surface area contributed by atoms with E-state index >= 15 is 4.39 Å². The molecule has 4 aromatic rings. The average Bonchev–Trinajstić information content (AvgIpc) is 3.64. The highest BCUT2D eigenvalue weighted by Crippen LogP contribution is 2.51. The minimum absolute atomic E-state index is 0.0260. The molecular formula is C33H35ClFN7O4. The number of fused-ring (bicyclic) bond motifs is 4. The van der Waals surface area contributed by atoms with Crippen LogP contribution < -0.4 is 14.4 Å². The lowest BCUT2D eigenvalue weighted by Gasteiger charge is -2.31. The zero-order chi connectivity index (χ0) is 31.0. The summed E-state index contributed by atoms with van der Waals surface area (Å²) < 4.78 is 35.9. The van der Waals surface area contributed by atoms with Gasteiger partial charge in [-0.3, -0.25) is 10.00 Å². The summed E-state index contributed by atoms with van der Waals surface area (Å²) in [5.41, 5.74) is 3.47. The van der Waals surface area contributed by atoms with E-state index in [4.69, 9.17) is 40.8 Å². The highest BCUT2D eigenvalue weighted by atomic mass is 35.5. The molecule has 9 rings (SSSR count). The van der Waals surface area contributed by atoms with Crippen LogP contribution in [0.25, 0.3) is 33.1 Å². The van der Waals surface area contributed by atoms with Gasteiger partial charge in [-0.25, -0.2) is 9.37 Å². The molecule has 0 amide bonds. The van der Waals surface area contributed by atoms with Crippen molar-refractivity contribution in [3.63, 3.8) is 0 Å². The van der Waals surface area contributed by atoms with Crippen LogP contribution in [0, 0.1) is 5.82 Å². The molecule has 2 N–H and O–H groups in total. The van der Waals surface area contributed by atoms with E-state index in [0.717, 1.165) is 62.6 Å². The molecule has 1 saturated carbocycles. The van der Waals surface area contributed by atoms with Crippen LogP contribution in [-0.2, 0) is 4.74 Å². The Morgan fingerprint density at radius 1 is 1.20 bits per heavy atom. The van der Waals surface area contributed by atoms with Crippen molar-refractivity contribution in [2.75, 3.05) is 57.6 Å². The standard InChI is InChI=1S/C33H35ClFN7O4/c34-22-11-23-21(13-36-40-23)25(24(22)19-3-4-19)28-27(35)29-26-30(42-8-2-10-44-15-20(42)16-45-31(26)37-28)39-32(38-29)46-17-33-6-1-7-41(33)14-18(12-33)5-9-43/h5,11,13,19-20,43H,1-4,6-10,12,14-17H2,(H,36,40)/b18-5+/t20-,33-/m0/s1. The molecular weight excluding hydrogens is 613 g/mol. The molecule has 4 aliphatic heterocycles. The smallest absolute Gasteiger partial charge is 0.319 e. The summed E-state index contributed by atoms with van der Waals surface area (Å²) in [7, 11) is 0. The van der Waals surface area contributed by atoms with Crippen LogP contribution in [0.2, 0.25) is 5.02 Å². The number of benzene rings is 1. The number of nitrogens with one attached hydrogen (secondary N) is 1. The van der Waals surface area contributed by atoms with Gasteiger partial charge in [0, 0.05) is 35.7 Å². The number of halogens is 2. The van der Waals surface area contributed by atoms with Gasteiger partial charge in [-0.15, -0.1) is 0 Å². The molecule has 0 bridgehead atoms. The summed E-state index contributed by atoms with van der Waals surface area (Å²) >= 11 is 6.84. The van der Waals surface area contributed by atoms with Gasteiger partial charge in [0.25, 0.3) is 0 Å². The van der Waals surface area contributed by atoms with E-state index in [2.05, 4.69) is 20.0 Å². The third-order valence-corrected chi connectivity index (χ3v) is 10.6. The molecule has 7 heterocycles. The summed E-state index contributed by atoms with van der Waals surface area (Å²) in [6.07, 6.45) is 9.21. The Hall–Kier alpha value is -3.58. The molecule has 46 heavy (non-hydrogen) atoms. The van der Waals surface area contributed by atoms with Crippen LogP contribution in [0.3, 0.4) is 0 Å². The molecule has 0 spiro atoms. The molecule has 11 nitrogen and oxygen atoms in total. The van der Waals surface area contributed by atoms with Crippen LogP contribution in [0.1, 0.15) is 50.0 Å². The maximum Gasteiger partial charge on any atom is 0.319 e. The molecule has 4 fully saturated rings. The number of aliphatic hydroxyl groups excluding tert-OH is 1. The lowest BCUT2D eigenvalue weighted by Crippen LogP contribution is -2.43. The quantitative estimate of drug-likeness (QED) is 0.283. The Balaban J connectivity index is 1.21. The fourth-order valence-corrected chi connectivity index (χ4v) is 8.37.